The fourth-order valence-electron chi connectivity index (χ4n) is 2.25. The van der Waals surface area contributed by atoms with E-state index in [4.69, 9.17) is 10.5 Å². The van der Waals surface area contributed by atoms with Gasteiger partial charge < -0.3 is 15.8 Å². The highest BCUT2D eigenvalue weighted by atomic mass is 32.2. The molecule has 0 spiro atoms. The average molecular weight is 405 g/mol. The predicted octanol–water partition coefficient (Wildman–Crippen LogP) is 0.693. The van der Waals surface area contributed by atoms with Gasteiger partial charge in [0.1, 0.15) is 6.54 Å². The summed E-state index contributed by atoms with van der Waals surface area (Å²) in [5, 5.41) is 2.51. The molecule has 28 heavy (non-hydrogen) atoms. The first-order valence-electron chi connectivity index (χ1n) is 8.10. The summed E-state index contributed by atoms with van der Waals surface area (Å²) in [7, 11) is -4.00. The predicted molar refractivity (Wildman–Crippen MR) is 100 cm³/mol. The molecule has 0 saturated carbocycles. The van der Waals surface area contributed by atoms with Crippen LogP contribution < -0.4 is 15.8 Å². The molecule has 0 aromatic heterocycles. The first-order valence-corrected chi connectivity index (χ1v) is 9.58. The van der Waals surface area contributed by atoms with Crippen molar-refractivity contribution in [2.45, 2.75) is 17.9 Å². The first kappa shape index (κ1) is 21.1. The van der Waals surface area contributed by atoms with E-state index in [1.54, 1.807) is 30.3 Å². The van der Waals surface area contributed by atoms with Crippen molar-refractivity contribution in [3.8, 4) is 0 Å². The normalized spacial score (nSPS) is 12.0. The van der Waals surface area contributed by atoms with Crippen LogP contribution in [0, 0.1) is 0 Å². The van der Waals surface area contributed by atoms with Crippen LogP contribution in [0.3, 0.4) is 0 Å². The summed E-state index contributed by atoms with van der Waals surface area (Å²) < 4.78 is 31.6. The summed E-state index contributed by atoms with van der Waals surface area (Å²) in [5.74, 6) is -2.14. The molecule has 148 valence electrons. The molecule has 2 amide bonds. The molecule has 0 radical (unpaired) electrons. The highest BCUT2D eigenvalue weighted by molar-refractivity contribution is 7.89. The van der Waals surface area contributed by atoms with Gasteiger partial charge in [0.25, 0.3) is 5.91 Å². The number of amides is 2. The van der Waals surface area contributed by atoms with Crippen LogP contribution in [0.5, 0.6) is 0 Å². The van der Waals surface area contributed by atoms with Gasteiger partial charge in [0, 0.05) is 18.2 Å². The third kappa shape index (κ3) is 5.89. The van der Waals surface area contributed by atoms with Crippen molar-refractivity contribution in [1.82, 2.24) is 4.72 Å². The van der Waals surface area contributed by atoms with E-state index in [1.807, 2.05) is 0 Å². The van der Waals surface area contributed by atoms with E-state index >= 15 is 0 Å². The zero-order valence-corrected chi connectivity index (χ0v) is 15.7. The van der Waals surface area contributed by atoms with Crippen molar-refractivity contribution in [1.29, 1.82) is 0 Å². The molecule has 0 saturated heterocycles. The number of nitrogens with two attached hydrogens (primary N) is 1. The van der Waals surface area contributed by atoms with Gasteiger partial charge >= 0.3 is 5.97 Å². The Labute approximate surface area is 161 Å². The molecule has 1 atom stereocenters. The third-order valence-corrected chi connectivity index (χ3v) is 4.92. The number of hydrogen-bond acceptors (Lipinski definition) is 6. The van der Waals surface area contributed by atoms with Crippen LogP contribution in [0.15, 0.2) is 59.5 Å². The van der Waals surface area contributed by atoms with E-state index in [9.17, 15) is 22.8 Å². The van der Waals surface area contributed by atoms with Crippen molar-refractivity contribution >= 4 is 33.5 Å². The molecule has 2 aromatic carbocycles. The maximum absolute atomic E-state index is 12.3. The van der Waals surface area contributed by atoms with Crippen LogP contribution in [0.4, 0.5) is 5.69 Å². The van der Waals surface area contributed by atoms with Gasteiger partial charge in [-0.05, 0) is 24.3 Å². The third-order valence-electron chi connectivity index (χ3n) is 3.50. The van der Waals surface area contributed by atoms with E-state index in [1.165, 1.54) is 31.2 Å². The Morgan fingerprint density at radius 2 is 1.64 bits per heavy atom. The quantitative estimate of drug-likeness (QED) is 0.551. The van der Waals surface area contributed by atoms with Crippen LogP contribution in [0.1, 0.15) is 18.6 Å². The largest absolute Gasteiger partial charge is 0.446 e. The summed E-state index contributed by atoms with van der Waals surface area (Å²) in [6.07, 6.45) is -1.32. The van der Waals surface area contributed by atoms with Gasteiger partial charge in [-0.2, -0.15) is 4.72 Å². The molecular weight excluding hydrogens is 386 g/mol. The Hall–Kier alpha value is -3.24. The number of nitrogens with one attached hydrogen (secondary N) is 2. The summed E-state index contributed by atoms with van der Waals surface area (Å²) in [4.78, 5) is 34.4. The highest BCUT2D eigenvalue weighted by Gasteiger charge is 2.23. The van der Waals surface area contributed by atoms with Crippen molar-refractivity contribution in [3.05, 3.63) is 60.2 Å². The van der Waals surface area contributed by atoms with E-state index in [0.717, 1.165) is 0 Å². The van der Waals surface area contributed by atoms with Crippen LogP contribution in [-0.4, -0.2) is 32.7 Å². The lowest BCUT2D eigenvalue weighted by atomic mass is 10.1. The van der Waals surface area contributed by atoms with Crippen molar-refractivity contribution in [3.63, 3.8) is 0 Å². The Morgan fingerprint density at radius 3 is 2.18 bits per heavy atom. The Bertz CT molecular complexity index is 959. The number of primary amides is 1. The topological polar surface area (TPSA) is 145 Å². The maximum Gasteiger partial charge on any atom is 0.322 e. The van der Waals surface area contributed by atoms with Gasteiger partial charge in [-0.25, -0.2) is 8.42 Å². The second-order valence-corrected chi connectivity index (χ2v) is 7.48. The molecule has 0 heterocycles. The number of hydrogen-bond donors (Lipinski definition) is 3. The summed E-state index contributed by atoms with van der Waals surface area (Å²) in [5.41, 5.74) is 6.06. The van der Waals surface area contributed by atoms with Gasteiger partial charge in [-0.1, -0.05) is 30.3 Å². The average Bonchev–Trinajstić information content (AvgIpc) is 2.65. The number of benzene rings is 2. The molecule has 0 fully saturated rings. The van der Waals surface area contributed by atoms with Crippen LogP contribution in [0.25, 0.3) is 0 Å². The minimum Gasteiger partial charge on any atom is -0.446 e. The standard InChI is InChI=1S/C18H19N3O6S/c1-12(22)21-14-7-9-15(10-8-14)28(25,26)20-11-16(23)27-17(18(19)24)13-5-3-2-4-6-13/h2-10,17,20H,11H2,1H3,(H2,19,24)(H,21,22). The van der Waals surface area contributed by atoms with Gasteiger partial charge in [-0.15, -0.1) is 0 Å². The number of sulfonamides is 1. The first-order chi connectivity index (χ1) is 13.2. The number of ether oxygens (including phenoxy) is 1. The maximum atomic E-state index is 12.3. The lowest BCUT2D eigenvalue weighted by Gasteiger charge is -2.15. The Morgan fingerprint density at radius 1 is 1.04 bits per heavy atom. The molecule has 4 N–H and O–H groups in total. The molecule has 0 aliphatic heterocycles. The summed E-state index contributed by atoms with van der Waals surface area (Å²) in [6.45, 7) is 0.638. The molecular formula is C18H19N3O6S. The smallest absolute Gasteiger partial charge is 0.322 e. The number of anilines is 1. The van der Waals surface area contributed by atoms with E-state index < -0.39 is 34.5 Å². The second-order valence-electron chi connectivity index (χ2n) is 5.71. The number of rotatable bonds is 8. The molecule has 10 heteroatoms. The van der Waals surface area contributed by atoms with Gasteiger partial charge in [0.15, 0.2) is 0 Å². The summed E-state index contributed by atoms with van der Waals surface area (Å²) >= 11 is 0. The zero-order valence-electron chi connectivity index (χ0n) is 14.9. The van der Waals surface area contributed by atoms with Gasteiger partial charge in [0.05, 0.1) is 4.90 Å². The highest BCUT2D eigenvalue weighted by Crippen LogP contribution is 2.17. The van der Waals surface area contributed by atoms with Crippen LogP contribution >= 0.6 is 0 Å². The number of carbonyl (C=O) groups excluding carboxylic acids is 3. The second kappa shape index (κ2) is 9.11. The number of carbonyl (C=O) groups is 3. The molecule has 9 nitrogen and oxygen atoms in total. The zero-order chi connectivity index (χ0) is 20.7. The summed E-state index contributed by atoms with van der Waals surface area (Å²) in [6, 6.07) is 13.5. The molecule has 0 aliphatic rings. The Kier molecular flexibility index (Phi) is 6.85. The molecule has 1 unspecified atom stereocenters. The molecule has 0 aliphatic carbocycles. The van der Waals surface area contributed by atoms with E-state index in [2.05, 4.69) is 10.0 Å². The van der Waals surface area contributed by atoms with Crippen molar-refractivity contribution in [2.24, 2.45) is 5.73 Å². The van der Waals surface area contributed by atoms with Gasteiger partial charge in [0.2, 0.25) is 22.0 Å². The fraction of sp³-hybridized carbons (Fsp3) is 0.167. The Balaban J connectivity index is 2.00. The fourth-order valence-corrected chi connectivity index (χ4v) is 3.22. The number of esters is 1. The molecule has 2 rings (SSSR count). The van der Waals surface area contributed by atoms with Crippen LogP contribution in [0.2, 0.25) is 0 Å². The SMILES string of the molecule is CC(=O)Nc1ccc(S(=O)(=O)NCC(=O)OC(C(N)=O)c2ccccc2)cc1. The van der Waals surface area contributed by atoms with Crippen molar-refractivity contribution in [2.75, 3.05) is 11.9 Å². The van der Waals surface area contributed by atoms with Crippen molar-refractivity contribution < 1.29 is 27.5 Å². The van der Waals surface area contributed by atoms with E-state index in [0.29, 0.717) is 11.3 Å². The minimum absolute atomic E-state index is 0.107. The lowest BCUT2D eigenvalue weighted by molar-refractivity contribution is -0.154. The monoisotopic (exact) mass is 405 g/mol. The van der Waals surface area contributed by atoms with Gasteiger partial charge in [-0.3, -0.25) is 14.4 Å². The minimum atomic E-state index is -4.00. The van der Waals surface area contributed by atoms with Crippen LogP contribution in [-0.2, 0) is 29.1 Å². The molecule has 0 bridgehead atoms. The van der Waals surface area contributed by atoms with E-state index in [-0.39, 0.29) is 10.8 Å². The molecule has 2 aromatic rings. The lowest BCUT2D eigenvalue weighted by Crippen LogP contribution is -2.34.